The van der Waals surface area contributed by atoms with E-state index in [9.17, 15) is 9.59 Å². The van der Waals surface area contributed by atoms with E-state index in [1.165, 1.54) is 22.7 Å². The van der Waals surface area contributed by atoms with Crippen molar-refractivity contribution in [1.29, 1.82) is 0 Å². The molecule has 0 radical (unpaired) electrons. The molecule has 1 aromatic carbocycles. The van der Waals surface area contributed by atoms with Crippen molar-refractivity contribution in [3.63, 3.8) is 0 Å². The van der Waals surface area contributed by atoms with Crippen LogP contribution in [0.2, 0.25) is 0 Å². The standard InChI is InChI=1S/C18H20N6O2S2/c1-9(2)15-21-23-17(27-15)19-13(25)11-5-7-12(8-6-11)14(26)20-18-24-22-16(28-18)10(3)4/h5-10H,1-4H3,(H,19,23,25)(H,20,24,26). The Hall–Kier alpha value is -2.72. The van der Waals surface area contributed by atoms with Crippen LogP contribution in [-0.2, 0) is 0 Å². The summed E-state index contributed by atoms with van der Waals surface area (Å²) in [6, 6.07) is 6.37. The molecule has 3 aromatic rings. The largest absolute Gasteiger partial charge is 0.296 e. The van der Waals surface area contributed by atoms with E-state index in [4.69, 9.17) is 0 Å². The highest BCUT2D eigenvalue weighted by Gasteiger charge is 2.14. The minimum atomic E-state index is -0.302. The predicted molar refractivity (Wildman–Crippen MR) is 110 cm³/mol. The molecule has 0 aliphatic carbocycles. The number of rotatable bonds is 6. The molecule has 8 nitrogen and oxygen atoms in total. The van der Waals surface area contributed by atoms with Crippen LogP contribution >= 0.6 is 22.7 Å². The summed E-state index contributed by atoms with van der Waals surface area (Å²) in [4.78, 5) is 24.7. The summed E-state index contributed by atoms with van der Waals surface area (Å²) in [6.45, 7) is 8.06. The first-order valence-electron chi connectivity index (χ1n) is 8.73. The van der Waals surface area contributed by atoms with Crippen molar-refractivity contribution < 1.29 is 9.59 Å². The van der Waals surface area contributed by atoms with E-state index in [1.807, 2.05) is 27.7 Å². The Labute approximate surface area is 170 Å². The molecule has 0 saturated carbocycles. The Balaban J connectivity index is 1.62. The van der Waals surface area contributed by atoms with Gasteiger partial charge in [-0.1, -0.05) is 50.4 Å². The topological polar surface area (TPSA) is 110 Å². The second kappa shape index (κ2) is 8.53. The average molecular weight is 417 g/mol. The summed E-state index contributed by atoms with van der Waals surface area (Å²) in [5.74, 6) is -0.0931. The van der Waals surface area contributed by atoms with Gasteiger partial charge in [-0.3, -0.25) is 20.2 Å². The van der Waals surface area contributed by atoms with Crippen LogP contribution in [-0.4, -0.2) is 32.2 Å². The molecule has 10 heteroatoms. The molecule has 2 N–H and O–H groups in total. The van der Waals surface area contributed by atoms with Gasteiger partial charge in [-0.15, -0.1) is 20.4 Å². The molecule has 146 valence electrons. The lowest BCUT2D eigenvalue weighted by Gasteiger charge is -2.04. The van der Waals surface area contributed by atoms with Gasteiger partial charge in [-0.05, 0) is 24.3 Å². The van der Waals surface area contributed by atoms with Gasteiger partial charge in [0.1, 0.15) is 10.0 Å². The fraction of sp³-hybridized carbons (Fsp3) is 0.333. The van der Waals surface area contributed by atoms with Gasteiger partial charge in [0.2, 0.25) is 10.3 Å². The van der Waals surface area contributed by atoms with E-state index >= 15 is 0 Å². The molecule has 2 heterocycles. The highest BCUT2D eigenvalue weighted by atomic mass is 32.1. The number of hydrogen-bond donors (Lipinski definition) is 2. The normalized spacial score (nSPS) is 11.1. The van der Waals surface area contributed by atoms with Crippen molar-refractivity contribution in [2.45, 2.75) is 39.5 Å². The van der Waals surface area contributed by atoms with E-state index < -0.39 is 0 Å². The molecule has 2 aromatic heterocycles. The molecule has 0 aliphatic heterocycles. The summed E-state index contributed by atoms with van der Waals surface area (Å²) < 4.78 is 0. The summed E-state index contributed by atoms with van der Waals surface area (Å²) in [6.07, 6.45) is 0. The zero-order valence-electron chi connectivity index (χ0n) is 15.9. The van der Waals surface area contributed by atoms with Crippen LogP contribution in [0.4, 0.5) is 10.3 Å². The third kappa shape index (κ3) is 4.76. The molecule has 0 aliphatic rings. The summed E-state index contributed by atoms with van der Waals surface area (Å²) >= 11 is 2.69. The third-order valence-corrected chi connectivity index (χ3v) is 6.00. The lowest BCUT2D eigenvalue weighted by molar-refractivity contribution is 0.101. The second-order valence-corrected chi connectivity index (χ2v) is 8.70. The van der Waals surface area contributed by atoms with E-state index in [0.717, 1.165) is 10.0 Å². The predicted octanol–water partition coefficient (Wildman–Crippen LogP) is 4.14. The van der Waals surface area contributed by atoms with Crippen LogP contribution in [0.1, 0.15) is 70.3 Å². The SMILES string of the molecule is CC(C)c1nnc(NC(=O)c2ccc(C(=O)Nc3nnc(C(C)C)s3)cc2)s1. The number of hydrogen-bond acceptors (Lipinski definition) is 8. The van der Waals surface area contributed by atoms with E-state index in [2.05, 4.69) is 31.0 Å². The number of amides is 2. The van der Waals surface area contributed by atoms with Crippen molar-refractivity contribution in [1.82, 2.24) is 20.4 Å². The van der Waals surface area contributed by atoms with Gasteiger partial charge < -0.3 is 0 Å². The quantitative estimate of drug-likeness (QED) is 0.625. The molecule has 0 atom stereocenters. The van der Waals surface area contributed by atoms with Crippen LogP contribution in [0.3, 0.4) is 0 Å². The van der Waals surface area contributed by atoms with E-state index in [0.29, 0.717) is 21.4 Å². The lowest BCUT2D eigenvalue weighted by atomic mass is 10.1. The molecular formula is C18H20N6O2S2. The smallest absolute Gasteiger partial charge is 0.257 e. The Kier molecular flexibility index (Phi) is 6.10. The molecule has 0 spiro atoms. The van der Waals surface area contributed by atoms with Crippen LogP contribution < -0.4 is 10.6 Å². The fourth-order valence-corrected chi connectivity index (χ4v) is 3.63. The van der Waals surface area contributed by atoms with E-state index in [-0.39, 0.29) is 23.7 Å². The van der Waals surface area contributed by atoms with Gasteiger partial charge in [0.15, 0.2) is 0 Å². The minimum Gasteiger partial charge on any atom is -0.296 e. The van der Waals surface area contributed by atoms with Crippen LogP contribution in [0.5, 0.6) is 0 Å². The summed E-state index contributed by atoms with van der Waals surface area (Å²) in [7, 11) is 0. The number of aromatic nitrogens is 4. The molecule has 0 fully saturated rings. The minimum absolute atomic E-state index is 0.255. The highest BCUT2D eigenvalue weighted by molar-refractivity contribution is 7.15. The first-order valence-corrected chi connectivity index (χ1v) is 10.4. The van der Waals surface area contributed by atoms with Crippen LogP contribution in [0.15, 0.2) is 24.3 Å². The Morgan fingerprint density at radius 3 is 1.36 bits per heavy atom. The zero-order chi connectivity index (χ0) is 20.3. The maximum atomic E-state index is 12.3. The molecule has 0 saturated heterocycles. The molecule has 3 rings (SSSR count). The number of anilines is 2. The molecule has 28 heavy (non-hydrogen) atoms. The highest BCUT2D eigenvalue weighted by Crippen LogP contribution is 2.24. The van der Waals surface area contributed by atoms with Crippen molar-refractivity contribution in [2.24, 2.45) is 0 Å². The van der Waals surface area contributed by atoms with Gasteiger partial charge in [0.25, 0.3) is 11.8 Å². The first-order chi connectivity index (χ1) is 13.3. The number of benzene rings is 1. The van der Waals surface area contributed by atoms with Crippen LogP contribution in [0.25, 0.3) is 0 Å². The summed E-state index contributed by atoms with van der Waals surface area (Å²) in [5.41, 5.74) is 0.853. The fourth-order valence-electron chi connectivity index (χ4n) is 2.15. The maximum Gasteiger partial charge on any atom is 0.257 e. The molecular weight excluding hydrogens is 396 g/mol. The van der Waals surface area contributed by atoms with Crippen molar-refractivity contribution in [2.75, 3.05) is 10.6 Å². The van der Waals surface area contributed by atoms with Gasteiger partial charge in [0, 0.05) is 23.0 Å². The van der Waals surface area contributed by atoms with Crippen LogP contribution in [0, 0.1) is 0 Å². The molecule has 0 bridgehead atoms. The van der Waals surface area contributed by atoms with Gasteiger partial charge in [-0.25, -0.2) is 0 Å². The number of carbonyl (C=O) groups excluding carboxylic acids is 2. The van der Waals surface area contributed by atoms with Gasteiger partial charge in [-0.2, -0.15) is 0 Å². The van der Waals surface area contributed by atoms with Crippen molar-refractivity contribution >= 4 is 44.8 Å². The third-order valence-electron chi connectivity index (χ3n) is 3.72. The van der Waals surface area contributed by atoms with Gasteiger partial charge >= 0.3 is 0 Å². The van der Waals surface area contributed by atoms with E-state index in [1.54, 1.807) is 24.3 Å². The van der Waals surface area contributed by atoms with Gasteiger partial charge in [0.05, 0.1) is 0 Å². The Morgan fingerprint density at radius 2 is 1.07 bits per heavy atom. The summed E-state index contributed by atoms with van der Waals surface area (Å²) in [5, 5.41) is 24.1. The molecule has 2 amide bonds. The van der Waals surface area contributed by atoms with Crippen molar-refractivity contribution in [3.05, 3.63) is 45.4 Å². The number of nitrogens with one attached hydrogen (secondary N) is 2. The van der Waals surface area contributed by atoms with Crippen molar-refractivity contribution in [3.8, 4) is 0 Å². The zero-order valence-corrected chi connectivity index (χ0v) is 17.5. The molecule has 0 unspecified atom stereocenters. The Bertz CT molecular complexity index is 899. The second-order valence-electron chi connectivity index (χ2n) is 6.69. The maximum absolute atomic E-state index is 12.3. The average Bonchev–Trinajstić information content (AvgIpc) is 3.31. The number of carbonyl (C=O) groups is 2. The first kappa shape index (κ1) is 20.0. The Morgan fingerprint density at radius 1 is 0.714 bits per heavy atom. The monoisotopic (exact) mass is 416 g/mol. The number of nitrogens with zero attached hydrogens (tertiary/aromatic N) is 4. The lowest BCUT2D eigenvalue weighted by Crippen LogP contribution is -2.14.